The monoisotopic (exact) mass is 218 g/mol. The zero-order chi connectivity index (χ0) is 10.5. The highest BCUT2D eigenvalue weighted by Crippen LogP contribution is 2.22. The van der Waals surface area contributed by atoms with E-state index in [1.807, 2.05) is 24.0 Å². The van der Waals surface area contributed by atoms with E-state index in [-0.39, 0.29) is 0 Å². The van der Waals surface area contributed by atoms with Gasteiger partial charge in [-0.2, -0.15) is 0 Å². The van der Waals surface area contributed by atoms with E-state index in [0.29, 0.717) is 6.54 Å². The molecule has 0 atom stereocenters. The Bertz CT molecular complexity index is 409. The molecule has 0 aliphatic rings. The minimum atomic E-state index is 0.579. The summed E-state index contributed by atoms with van der Waals surface area (Å²) in [5, 5.41) is 0. The van der Waals surface area contributed by atoms with Crippen molar-refractivity contribution in [1.82, 2.24) is 4.98 Å². The maximum absolute atomic E-state index is 5.53. The van der Waals surface area contributed by atoms with Gasteiger partial charge in [-0.3, -0.25) is 0 Å². The van der Waals surface area contributed by atoms with Gasteiger partial charge in [0.1, 0.15) is 0 Å². The highest BCUT2D eigenvalue weighted by atomic mass is 32.2. The molecule has 3 N–H and O–H groups in total. The predicted molar refractivity (Wildman–Crippen MR) is 64.7 cm³/mol. The van der Waals surface area contributed by atoms with E-state index in [9.17, 15) is 0 Å². The van der Waals surface area contributed by atoms with Crippen LogP contribution >= 0.6 is 11.8 Å². The van der Waals surface area contributed by atoms with Crippen molar-refractivity contribution in [3.63, 3.8) is 0 Å². The Morgan fingerprint density at radius 2 is 2.00 bits per heavy atom. The van der Waals surface area contributed by atoms with Crippen LogP contribution in [0.1, 0.15) is 11.3 Å². The highest BCUT2D eigenvalue weighted by molar-refractivity contribution is 7.98. The van der Waals surface area contributed by atoms with Gasteiger partial charge >= 0.3 is 0 Å². The molecule has 1 aromatic carbocycles. The molecule has 2 rings (SSSR count). The van der Waals surface area contributed by atoms with Gasteiger partial charge in [-0.05, 0) is 23.8 Å². The van der Waals surface area contributed by atoms with Crippen molar-refractivity contribution in [3.8, 4) is 0 Å². The van der Waals surface area contributed by atoms with E-state index >= 15 is 0 Å². The Morgan fingerprint density at radius 1 is 1.20 bits per heavy atom. The Balaban J connectivity index is 1.93. The Kier molecular flexibility index (Phi) is 3.48. The van der Waals surface area contributed by atoms with Crippen LogP contribution in [0, 0.1) is 0 Å². The van der Waals surface area contributed by atoms with Gasteiger partial charge in [0.2, 0.25) is 0 Å². The number of thioether (sulfide) groups is 1. The van der Waals surface area contributed by atoms with E-state index in [0.717, 1.165) is 11.4 Å². The number of nitrogens with one attached hydrogen (secondary N) is 1. The molecule has 0 amide bonds. The molecule has 0 bridgehead atoms. The maximum atomic E-state index is 5.53. The van der Waals surface area contributed by atoms with Crippen LogP contribution in [0.15, 0.2) is 47.5 Å². The Hall–Kier alpha value is -1.19. The lowest BCUT2D eigenvalue weighted by Crippen LogP contribution is -1.94. The summed E-state index contributed by atoms with van der Waals surface area (Å²) in [6.07, 6.45) is 2.03. The van der Waals surface area contributed by atoms with Crippen molar-refractivity contribution < 1.29 is 0 Å². The van der Waals surface area contributed by atoms with Crippen molar-refractivity contribution in [2.24, 2.45) is 5.73 Å². The quantitative estimate of drug-likeness (QED) is 0.775. The van der Waals surface area contributed by atoms with Gasteiger partial charge in [-0.25, -0.2) is 0 Å². The van der Waals surface area contributed by atoms with Crippen LogP contribution in [0.3, 0.4) is 0 Å². The Morgan fingerprint density at radius 3 is 2.67 bits per heavy atom. The summed E-state index contributed by atoms with van der Waals surface area (Å²) in [7, 11) is 0. The van der Waals surface area contributed by atoms with Crippen molar-refractivity contribution >= 4 is 11.8 Å². The minimum absolute atomic E-state index is 0.579. The molecule has 2 nitrogen and oxygen atoms in total. The second-order valence-electron chi connectivity index (χ2n) is 3.34. The average molecular weight is 218 g/mol. The summed E-state index contributed by atoms with van der Waals surface area (Å²) in [4.78, 5) is 4.45. The number of aromatic amines is 1. The molecule has 3 heteroatoms. The average Bonchev–Trinajstić information content (AvgIpc) is 2.76. The molecule has 0 unspecified atom stereocenters. The fourth-order valence-electron chi connectivity index (χ4n) is 1.38. The molecular weight excluding hydrogens is 204 g/mol. The molecule has 0 spiro atoms. The van der Waals surface area contributed by atoms with Crippen LogP contribution < -0.4 is 5.73 Å². The zero-order valence-corrected chi connectivity index (χ0v) is 9.26. The first-order valence-electron chi connectivity index (χ1n) is 4.92. The van der Waals surface area contributed by atoms with Crippen LogP contribution in [0.25, 0.3) is 0 Å². The molecular formula is C12H14N2S. The highest BCUT2D eigenvalue weighted by Gasteiger charge is 1.98. The summed E-state index contributed by atoms with van der Waals surface area (Å²) in [6.45, 7) is 0.579. The lowest BCUT2D eigenvalue weighted by molar-refractivity contribution is 1.01. The molecule has 15 heavy (non-hydrogen) atoms. The first kappa shape index (κ1) is 10.3. The number of benzene rings is 1. The molecule has 0 aliphatic heterocycles. The largest absolute Gasteiger partial charge is 0.364 e. The molecule has 0 saturated carbocycles. The topological polar surface area (TPSA) is 41.8 Å². The Labute approximate surface area is 93.9 Å². The molecule has 1 heterocycles. The summed E-state index contributed by atoms with van der Waals surface area (Å²) in [5.41, 5.74) is 7.92. The second kappa shape index (κ2) is 5.05. The standard InChI is InChI=1S/C12H14N2S/c13-7-11-6-10(8-14-11)9-15-12-4-2-1-3-5-12/h1-6,8,14H,7,9,13H2. The first-order valence-corrected chi connectivity index (χ1v) is 5.91. The number of H-pyrrole nitrogens is 1. The third-order valence-corrected chi connectivity index (χ3v) is 3.25. The third kappa shape index (κ3) is 2.88. The van der Waals surface area contributed by atoms with Crippen LogP contribution in [-0.2, 0) is 12.3 Å². The molecule has 0 fully saturated rings. The predicted octanol–water partition coefficient (Wildman–Crippen LogP) is 2.77. The number of nitrogens with two attached hydrogens (primary N) is 1. The number of aromatic nitrogens is 1. The van der Waals surface area contributed by atoms with E-state index < -0.39 is 0 Å². The summed E-state index contributed by atoms with van der Waals surface area (Å²) < 4.78 is 0. The normalized spacial score (nSPS) is 10.5. The third-order valence-electron chi connectivity index (χ3n) is 2.17. The SMILES string of the molecule is NCc1cc(CSc2ccccc2)c[nH]1. The second-order valence-corrected chi connectivity index (χ2v) is 4.39. The van der Waals surface area contributed by atoms with Gasteiger partial charge in [0, 0.05) is 29.1 Å². The fourth-order valence-corrected chi connectivity index (χ4v) is 2.23. The molecule has 0 aliphatic carbocycles. The van der Waals surface area contributed by atoms with Crippen molar-refractivity contribution in [1.29, 1.82) is 0 Å². The van der Waals surface area contributed by atoms with E-state index in [4.69, 9.17) is 5.73 Å². The zero-order valence-electron chi connectivity index (χ0n) is 8.44. The minimum Gasteiger partial charge on any atom is -0.364 e. The van der Waals surface area contributed by atoms with Crippen molar-refractivity contribution in [2.45, 2.75) is 17.2 Å². The van der Waals surface area contributed by atoms with Gasteiger partial charge in [0.05, 0.1) is 0 Å². The molecule has 0 saturated heterocycles. The van der Waals surface area contributed by atoms with E-state index in [1.165, 1.54) is 10.5 Å². The van der Waals surface area contributed by atoms with E-state index in [1.54, 1.807) is 0 Å². The lowest BCUT2D eigenvalue weighted by atomic mass is 10.3. The summed E-state index contributed by atoms with van der Waals surface area (Å²) in [6, 6.07) is 12.5. The molecule has 2 aromatic rings. The van der Waals surface area contributed by atoms with Gasteiger partial charge in [-0.1, -0.05) is 18.2 Å². The number of rotatable bonds is 4. The van der Waals surface area contributed by atoms with Crippen LogP contribution in [0.5, 0.6) is 0 Å². The maximum Gasteiger partial charge on any atom is 0.0332 e. The van der Waals surface area contributed by atoms with Crippen molar-refractivity contribution in [3.05, 3.63) is 53.9 Å². The first-order chi connectivity index (χ1) is 7.38. The van der Waals surface area contributed by atoms with Gasteiger partial charge in [0.15, 0.2) is 0 Å². The molecule has 1 aromatic heterocycles. The number of hydrogen-bond acceptors (Lipinski definition) is 2. The van der Waals surface area contributed by atoms with Gasteiger partial charge in [0.25, 0.3) is 0 Å². The summed E-state index contributed by atoms with van der Waals surface area (Å²) in [5.74, 6) is 0.987. The summed E-state index contributed by atoms with van der Waals surface area (Å²) >= 11 is 1.84. The van der Waals surface area contributed by atoms with Crippen molar-refractivity contribution in [2.75, 3.05) is 0 Å². The molecule has 78 valence electrons. The van der Waals surface area contributed by atoms with Crippen LogP contribution in [0.2, 0.25) is 0 Å². The lowest BCUT2D eigenvalue weighted by Gasteiger charge is -1.98. The van der Waals surface area contributed by atoms with Gasteiger partial charge in [-0.15, -0.1) is 11.8 Å². The smallest absolute Gasteiger partial charge is 0.0332 e. The number of hydrogen-bond donors (Lipinski definition) is 2. The van der Waals surface area contributed by atoms with Crippen LogP contribution in [0.4, 0.5) is 0 Å². The fraction of sp³-hybridized carbons (Fsp3) is 0.167. The molecule has 0 radical (unpaired) electrons. The van der Waals surface area contributed by atoms with E-state index in [2.05, 4.69) is 35.3 Å². The van der Waals surface area contributed by atoms with Gasteiger partial charge < -0.3 is 10.7 Å². The van der Waals surface area contributed by atoms with Crippen LogP contribution in [-0.4, -0.2) is 4.98 Å².